The van der Waals surface area contributed by atoms with Gasteiger partial charge in [-0.25, -0.2) is 0 Å². The molecule has 9 heteroatoms. The van der Waals surface area contributed by atoms with Gasteiger partial charge >= 0.3 is 5.95 Å². The highest BCUT2D eigenvalue weighted by Crippen LogP contribution is 2.30. The molecule has 1 aliphatic heterocycles. The minimum Gasteiger partial charge on any atom is -0.390 e. The Morgan fingerprint density at radius 1 is 1.59 bits per heavy atom. The monoisotopic (exact) mass is 355 g/mol. The Morgan fingerprint density at radius 2 is 2.29 bits per heavy atom. The van der Waals surface area contributed by atoms with E-state index in [0.29, 0.717) is 0 Å². The van der Waals surface area contributed by atoms with Gasteiger partial charge < -0.3 is 25.1 Å². The molecule has 0 saturated carbocycles. The second-order valence-electron chi connectivity index (χ2n) is 3.61. The van der Waals surface area contributed by atoms with Crippen LogP contribution in [0.4, 0.5) is 5.95 Å². The largest absolute Gasteiger partial charge is 0.436 e. The zero-order chi connectivity index (χ0) is 12.6. The van der Waals surface area contributed by atoms with E-state index < -0.39 is 29.3 Å². The zero-order valence-electron chi connectivity index (χ0n) is 8.51. The van der Waals surface area contributed by atoms with E-state index in [1.807, 2.05) is 22.6 Å². The lowest BCUT2D eigenvalue weighted by Gasteiger charge is -2.33. The highest BCUT2D eigenvalue weighted by Gasteiger charge is 2.41. The lowest BCUT2D eigenvalue weighted by molar-refractivity contribution is -0.399. The highest BCUT2D eigenvalue weighted by atomic mass is 127. The highest BCUT2D eigenvalue weighted by molar-refractivity contribution is 14.1. The van der Waals surface area contributed by atoms with E-state index in [-0.39, 0.29) is 10.5 Å². The first-order valence-corrected chi connectivity index (χ1v) is 6.06. The van der Waals surface area contributed by atoms with Gasteiger partial charge in [0.25, 0.3) is 0 Å². The van der Waals surface area contributed by atoms with Gasteiger partial charge in [0.1, 0.15) is 18.5 Å². The van der Waals surface area contributed by atoms with Gasteiger partial charge in [0.2, 0.25) is 6.23 Å². The van der Waals surface area contributed by atoms with Crippen molar-refractivity contribution in [1.82, 2.24) is 9.55 Å². The average molecular weight is 355 g/mol. The number of ether oxygens (including phenoxy) is 1. The van der Waals surface area contributed by atoms with Gasteiger partial charge in [-0.3, -0.25) is 0 Å². The van der Waals surface area contributed by atoms with E-state index in [1.54, 1.807) is 0 Å². The summed E-state index contributed by atoms with van der Waals surface area (Å²) in [5.74, 6) is -0.423. The summed E-state index contributed by atoms with van der Waals surface area (Å²) >= 11 is 1.95. The fraction of sp³-hybridized carbons (Fsp3) is 0.625. The van der Waals surface area contributed by atoms with E-state index in [4.69, 9.17) is 4.74 Å². The summed E-state index contributed by atoms with van der Waals surface area (Å²) in [7, 11) is 0. The summed E-state index contributed by atoms with van der Waals surface area (Å²) < 4.78 is 6.17. The third kappa shape index (κ3) is 2.27. The van der Waals surface area contributed by atoms with Crippen molar-refractivity contribution in [3.63, 3.8) is 0 Å². The zero-order valence-corrected chi connectivity index (χ0v) is 10.7. The molecule has 0 bridgehead atoms. The topological polar surface area (TPSA) is 111 Å². The Kier molecular flexibility index (Phi) is 3.61. The molecule has 4 atom stereocenters. The minimum atomic E-state index is -1.22. The van der Waals surface area contributed by atoms with Gasteiger partial charge in [-0.15, -0.1) is 0 Å². The van der Waals surface area contributed by atoms with Gasteiger partial charge in [0.05, 0.1) is 16.6 Å². The van der Waals surface area contributed by atoms with Crippen molar-refractivity contribution in [3.05, 3.63) is 22.5 Å². The van der Waals surface area contributed by atoms with Gasteiger partial charge in [-0.2, -0.15) is 4.57 Å². The number of rotatable bonds is 2. The van der Waals surface area contributed by atoms with Crippen LogP contribution in [0.15, 0.2) is 12.4 Å². The Balaban J connectivity index is 2.28. The molecule has 1 saturated heterocycles. The van der Waals surface area contributed by atoms with E-state index in [9.17, 15) is 20.3 Å². The summed E-state index contributed by atoms with van der Waals surface area (Å²) in [4.78, 5) is 13.6. The normalized spacial score (nSPS) is 33.6. The summed E-state index contributed by atoms with van der Waals surface area (Å²) in [5.41, 5.74) is 0. The quantitative estimate of drug-likeness (QED) is 0.330. The second-order valence-corrected chi connectivity index (χ2v) is 5.21. The van der Waals surface area contributed by atoms with E-state index in [0.717, 1.165) is 4.57 Å². The van der Waals surface area contributed by atoms with Crippen molar-refractivity contribution in [3.8, 4) is 0 Å². The second kappa shape index (κ2) is 4.84. The van der Waals surface area contributed by atoms with E-state index >= 15 is 0 Å². The van der Waals surface area contributed by atoms with Crippen molar-refractivity contribution in [2.45, 2.75) is 22.4 Å². The van der Waals surface area contributed by atoms with Gasteiger partial charge in [0.15, 0.2) is 0 Å². The van der Waals surface area contributed by atoms with Crippen molar-refractivity contribution in [2.75, 3.05) is 6.61 Å². The molecule has 0 radical (unpaired) electrons. The van der Waals surface area contributed by atoms with E-state index in [2.05, 4.69) is 4.98 Å². The third-order valence-corrected chi connectivity index (χ3v) is 3.62. The Labute approximate surface area is 110 Å². The molecule has 0 spiro atoms. The molecule has 8 nitrogen and oxygen atoms in total. The molecule has 1 aromatic heterocycles. The van der Waals surface area contributed by atoms with Crippen LogP contribution < -0.4 is 0 Å². The minimum absolute atomic E-state index is 0.207. The number of hydrogen-bond acceptors (Lipinski definition) is 6. The van der Waals surface area contributed by atoms with Crippen LogP contribution in [0.2, 0.25) is 0 Å². The smallest absolute Gasteiger partial charge is 0.390 e. The maximum Gasteiger partial charge on any atom is 0.436 e. The third-order valence-electron chi connectivity index (χ3n) is 2.52. The maximum atomic E-state index is 10.7. The Hall–Kier alpha value is -0.780. The summed E-state index contributed by atoms with van der Waals surface area (Å²) in [5, 5.41) is 30.2. The number of halogens is 1. The average Bonchev–Trinajstić information content (AvgIpc) is 2.75. The summed E-state index contributed by atoms with van der Waals surface area (Å²) in [6, 6.07) is 0. The van der Waals surface area contributed by atoms with Crippen molar-refractivity contribution in [1.29, 1.82) is 0 Å². The van der Waals surface area contributed by atoms with Crippen LogP contribution in [0.3, 0.4) is 0 Å². The molecule has 1 aliphatic rings. The molecule has 2 heterocycles. The molecule has 0 aliphatic carbocycles. The number of aliphatic hydroxyl groups excluding tert-OH is 2. The number of aliphatic hydroxyl groups is 2. The first-order chi connectivity index (χ1) is 8.02. The van der Waals surface area contributed by atoms with Crippen molar-refractivity contribution >= 4 is 28.5 Å². The molecule has 0 unspecified atom stereocenters. The summed E-state index contributed by atoms with van der Waals surface area (Å²) in [6.07, 6.45) is -0.614. The predicted octanol–water partition coefficient (Wildman–Crippen LogP) is -0.155. The molecule has 17 heavy (non-hydrogen) atoms. The Morgan fingerprint density at radius 3 is 2.94 bits per heavy atom. The van der Waals surface area contributed by atoms with Crippen molar-refractivity contribution in [2.24, 2.45) is 0 Å². The fourth-order valence-corrected chi connectivity index (χ4v) is 2.29. The van der Waals surface area contributed by atoms with Gasteiger partial charge in [0, 0.05) is 0 Å². The fourth-order valence-electron chi connectivity index (χ4n) is 1.66. The van der Waals surface area contributed by atoms with E-state index in [1.165, 1.54) is 12.4 Å². The molecular weight excluding hydrogens is 345 g/mol. The number of nitrogens with zero attached hydrogens (tertiary/aromatic N) is 3. The number of alkyl halides is 1. The number of nitro groups is 1. The molecule has 1 fully saturated rings. The first-order valence-electron chi connectivity index (χ1n) is 4.81. The predicted molar refractivity (Wildman–Crippen MR) is 63.7 cm³/mol. The van der Waals surface area contributed by atoms with Gasteiger partial charge in [-0.05, 0) is 4.92 Å². The lowest BCUT2D eigenvalue weighted by Crippen LogP contribution is -2.48. The van der Waals surface area contributed by atoms with Crippen LogP contribution in [0.5, 0.6) is 0 Å². The lowest BCUT2D eigenvalue weighted by atomic mass is 10.1. The Bertz CT molecular complexity index is 425. The first kappa shape index (κ1) is 12.7. The molecule has 0 aromatic carbocycles. The van der Waals surface area contributed by atoms with Crippen LogP contribution in [0.1, 0.15) is 6.23 Å². The number of hydrogen-bond donors (Lipinski definition) is 2. The van der Waals surface area contributed by atoms with Crippen LogP contribution >= 0.6 is 22.6 Å². The van der Waals surface area contributed by atoms with Gasteiger partial charge in [-0.1, -0.05) is 27.6 Å². The number of aromatic nitrogens is 2. The number of imidazole rings is 1. The van der Waals surface area contributed by atoms with Crippen LogP contribution in [-0.4, -0.2) is 47.4 Å². The molecule has 2 rings (SSSR count). The summed E-state index contributed by atoms with van der Waals surface area (Å²) in [6.45, 7) is 0.207. The van der Waals surface area contributed by atoms with Crippen LogP contribution in [0.25, 0.3) is 0 Å². The van der Waals surface area contributed by atoms with Crippen LogP contribution in [-0.2, 0) is 4.74 Å². The van der Waals surface area contributed by atoms with Crippen LogP contribution in [0, 0.1) is 10.1 Å². The molecule has 94 valence electrons. The maximum absolute atomic E-state index is 10.7. The molecule has 0 amide bonds. The molecule has 2 N–H and O–H groups in total. The molecular formula is C8H10IN3O5. The SMILES string of the molecule is O=[N+]([O-])c1nccn1[C@H]1OC[C@H](I)[C@@H](O)[C@@H]1O. The standard InChI is InChI=1S/C8H10IN3O5/c9-4-3-17-7(6(14)5(4)13)11-2-1-10-8(11)12(15)16/h1-2,4-7,13-14H,3H2/t4-,5+,6-,7-/m0/s1. The van der Waals surface area contributed by atoms with Crippen molar-refractivity contribution < 1.29 is 19.9 Å². The molecule has 1 aromatic rings.